The SMILES string of the molecule is C=CC(=O)NC(C(=O)Nc1ccn[nH]1)c1ccccc1. The first-order chi connectivity index (χ1) is 9.70. The smallest absolute Gasteiger partial charge is 0.252 e. The van der Waals surface area contributed by atoms with Gasteiger partial charge >= 0.3 is 0 Å². The Morgan fingerprint density at radius 1 is 1.25 bits per heavy atom. The van der Waals surface area contributed by atoms with E-state index in [1.807, 2.05) is 6.07 Å². The molecule has 0 aliphatic heterocycles. The van der Waals surface area contributed by atoms with Crippen molar-refractivity contribution in [2.75, 3.05) is 5.32 Å². The highest BCUT2D eigenvalue weighted by Gasteiger charge is 2.22. The number of nitrogens with one attached hydrogen (secondary N) is 3. The molecule has 2 rings (SSSR count). The number of amides is 2. The summed E-state index contributed by atoms with van der Waals surface area (Å²) in [5, 5.41) is 11.6. The molecule has 1 atom stereocenters. The Labute approximate surface area is 115 Å². The van der Waals surface area contributed by atoms with E-state index in [-0.39, 0.29) is 5.91 Å². The number of hydrogen-bond acceptors (Lipinski definition) is 3. The summed E-state index contributed by atoms with van der Waals surface area (Å²) in [7, 11) is 0. The normalized spacial score (nSPS) is 11.4. The van der Waals surface area contributed by atoms with Gasteiger partial charge in [-0.25, -0.2) is 0 Å². The number of rotatable bonds is 5. The fourth-order valence-electron chi connectivity index (χ4n) is 1.68. The van der Waals surface area contributed by atoms with Crippen molar-refractivity contribution in [1.29, 1.82) is 0 Å². The second kappa shape index (κ2) is 6.33. The third-order valence-electron chi connectivity index (χ3n) is 2.63. The first-order valence-electron chi connectivity index (χ1n) is 5.99. The van der Waals surface area contributed by atoms with Crippen LogP contribution in [0.3, 0.4) is 0 Å². The molecule has 102 valence electrons. The van der Waals surface area contributed by atoms with E-state index in [1.165, 1.54) is 6.20 Å². The Balaban J connectivity index is 2.19. The molecule has 0 radical (unpaired) electrons. The molecule has 0 aliphatic carbocycles. The van der Waals surface area contributed by atoms with Crippen LogP contribution in [0.25, 0.3) is 0 Å². The summed E-state index contributed by atoms with van der Waals surface area (Å²) < 4.78 is 0. The number of benzene rings is 1. The molecule has 6 nitrogen and oxygen atoms in total. The molecule has 1 aromatic heterocycles. The third-order valence-corrected chi connectivity index (χ3v) is 2.63. The van der Waals surface area contributed by atoms with Gasteiger partial charge in [0, 0.05) is 6.07 Å². The standard InChI is InChI=1S/C14H14N4O2/c1-2-12(19)17-13(10-6-4-3-5-7-10)14(20)16-11-8-9-15-18-11/h2-9,13H,1H2,(H,17,19)(H2,15,16,18,20). The molecule has 6 heteroatoms. The van der Waals surface area contributed by atoms with Crippen molar-refractivity contribution in [3.05, 3.63) is 60.8 Å². The van der Waals surface area contributed by atoms with Gasteiger partial charge in [0.15, 0.2) is 0 Å². The molecule has 0 saturated heterocycles. The number of nitrogens with zero attached hydrogens (tertiary/aromatic N) is 1. The highest BCUT2D eigenvalue weighted by molar-refractivity contribution is 5.98. The zero-order chi connectivity index (χ0) is 14.4. The lowest BCUT2D eigenvalue weighted by atomic mass is 10.1. The summed E-state index contributed by atoms with van der Waals surface area (Å²) in [5.74, 6) is -0.321. The van der Waals surface area contributed by atoms with Gasteiger partial charge in [0.1, 0.15) is 11.9 Å². The molecule has 1 heterocycles. The van der Waals surface area contributed by atoms with Gasteiger partial charge in [-0.3, -0.25) is 14.7 Å². The predicted molar refractivity (Wildman–Crippen MR) is 74.7 cm³/mol. The summed E-state index contributed by atoms with van der Waals surface area (Å²) >= 11 is 0. The topological polar surface area (TPSA) is 86.9 Å². The highest BCUT2D eigenvalue weighted by Crippen LogP contribution is 2.15. The Bertz CT molecular complexity index is 593. The van der Waals surface area contributed by atoms with Gasteiger partial charge in [-0.1, -0.05) is 36.9 Å². The van der Waals surface area contributed by atoms with Crippen molar-refractivity contribution in [3.8, 4) is 0 Å². The molecule has 2 amide bonds. The van der Waals surface area contributed by atoms with Gasteiger partial charge < -0.3 is 10.6 Å². The van der Waals surface area contributed by atoms with Gasteiger partial charge in [-0.05, 0) is 11.6 Å². The average molecular weight is 270 g/mol. The third kappa shape index (κ3) is 3.32. The Morgan fingerprint density at radius 2 is 2.00 bits per heavy atom. The quantitative estimate of drug-likeness (QED) is 0.717. The van der Waals surface area contributed by atoms with Crippen molar-refractivity contribution < 1.29 is 9.59 Å². The molecule has 0 bridgehead atoms. The number of hydrogen-bond donors (Lipinski definition) is 3. The van der Waals surface area contributed by atoms with Crippen molar-refractivity contribution in [2.24, 2.45) is 0 Å². The minimum absolute atomic E-state index is 0.365. The van der Waals surface area contributed by atoms with Crippen LogP contribution in [0.15, 0.2) is 55.3 Å². The lowest BCUT2D eigenvalue weighted by Crippen LogP contribution is -2.36. The van der Waals surface area contributed by atoms with E-state index in [9.17, 15) is 9.59 Å². The van der Waals surface area contributed by atoms with E-state index in [4.69, 9.17) is 0 Å². The van der Waals surface area contributed by atoms with Gasteiger partial charge in [-0.15, -0.1) is 0 Å². The molecule has 20 heavy (non-hydrogen) atoms. The minimum Gasteiger partial charge on any atom is -0.337 e. The number of aromatic nitrogens is 2. The van der Waals surface area contributed by atoms with E-state index in [0.29, 0.717) is 11.4 Å². The summed E-state index contributed by atoms with van der Waals surface area (Å²) in [4.78, 5) is 23.7. The van der Waals surface area contributed by atoms with E-state index >= 15 is 0 Å². The van der Waals surface area contributed by atoms with Crippen LogP contribution in [0.2, 0.25) is 0 Å². The Hall–Kier alpha value is -2.89. The maximum atomic E-state index is 12.3. The molecule has 1 unspecified atom stereocenters. The first kappa shape index (κ1) is 13.5. The van der Waals surface area contributed by atoms with Crippen LogP contribution in [0.4, 0.5) is 5.82 Å². The maximum absolute atomic E-state index is 12.3. The van der Waals surface area contributed by atoms with Gasteiger partial charge in [0.25, 0.3) is 5.91 Å². The van der Waals surface area contributed by atoms with Crippen LogP contribution < -0.4 is 10.6 Å². The number of carbonyl (C=O) groups is 2. The summed E-state index contributed by atoms with van der Waals surface area (Å²) in [5.41, 5.74) is 0.680. The van der Waals surface area contributed by atoms with Crippen LogP contribution in [0, 0.1) is 0 Å². The van der Waals surface area contributed by atoms with Crippen molar-refractivity contribution in [2.45, 2.75) is 6.04 Å². The lowest BCUT2D eigenvalue weighted by molar-refractivity contribution is -0.124. The monoisotopic (exact) mass is 270 g/mol. The van der Waals surface area contributed by atoms with Crippen LogP contribution in [-0.4, -0.2) is 22.0 Å². The van der Waals surface area contributed by atoms with E-state index < -0.39 is 11.9 Å². The summed E-state index contributed by atoms with van der Waals surface area (Å²) in [6.45, 7) is 3.38. The van der Waals surface area contributed by atoms with Crippen LogP contribution in [-0.2, 0) is 9.59 Å². The number of anilines is 1. The second-order valence-electron chi connectivity index (χ2n) is 4.02. The number of carbonyl (C=O) groups excluding carboxylic acids is 2. The van der Waals surface area contributed by atoms with Crippen LogP contribution in [0.5, 0.6) is 0 Å². The second-order valence-corrected chi connectivity index (χ2v) is 4.02. The molecular weight excluding hydrogens is 256 g/mol. The zero-order valence-electron chi connectivity index (χ0n) is 10.7. The van der Waals surface area contributed by atoms with E-state index in [2.05, 4.69) is 27.4 Å². The zero-order valence-corrected chi connectivity index (χ0v) is 10.7. The largest absolute Gasteiger partial charge is 0.337 e. The predicted octanol–water partition coefficient (Wildman–Crippen LogP) is 1.39. The fourth-order valence-corrected chi connectivity index (χ4v) is 1.68. The molecule has 0 aliphatic rings. The number of aromatic amines is 1. The molecule has 0 spiro atoms. The summed E-state index contributed by atoms with van der Waals surface area (Å²) in [6.07, 6.45) is 2.65. The van der Waals surface area contributed by atoms with Gasteiger partial charge in [0.05, 0.1) is 6.20 Å². The van der Waals surface area contributed by atoms with E-state index in [1.54, 1.807) is 30.3 Å². The van der Waals surface area contributed by atoms with Crippen molar-refractivity contribution in [1.82, 2.24) is 15.5 Å². The van der Waals surface area contributed by atoms with Gasteiger partial charge in [0.2, 0.25) is 5.91 Å². The lowest BCUT2D eigenvalue weighted by Gasteiger charge is -2.17. The van der Waals surface area contributed by atoms with Crippen LogP contribution >= 0.6 is 0 Å². The Morgan fingerprint density at radius 3 is 2.60 bits per heavy atom. The minimum atomic E-state index is -0.801. The maximum Gasteiger partial charge on any atom is 0.252 e. The molecule has 0 saturated carbocycles. The van der Waals surface area contributed by atoms with Crippen molar-refractivity contribution >= 4 is 17.6 Å². The number of H-pyrrole nitrogens is 1. The molecular formula is C14H14N4O2. The summed E-state index contributed by atoms with van der Waals surface area (Å²) in [6, 6.07) is 9.78. The van der Waals surface area contributed by atoms with Crippen molar-refractivity contribution in [3.63, 3.8) is 0 Å². The first-order valence-corrected chi connectivity index (χ1v) is 5.99. The molecule has 1 aromatic carbocycles. The Kier molecular flexibility index (Phi) is 4.28. The fraction of sp³-hybridized carbons (Fsp3) is 0.0714. The van der Waals surface area contributed by atoms with Crippen LogP contribution in [0.1, 0.15) is 11.6 Å². The average Bonchev–Trinajstić information content (AvgIpc) is 2.98. The molecule has 0 fully saturated rings. The molecule has 3 N–H and O–H groups in total. The highest BCUT2D eigenvalue weighted by atomic mass is 16.2. The van der Waals surface area contributed by atoms with E-state index in [0.717, 1.165) is 6.08 Å². The molecule has 2 aromatic rings. The van der Waals surface area contributed by atoms with Gasteiger partial charge in [-0.2, -0.15) is 5.10 Å².